The molecule has 1 rings (SSSR count). The number of rotatable bonds is 6. The van der Waals surface area contributed by atoms with Crippen molar-refractivity contribution in [3.05, 3.63) is 28.2 Å². The van der Waals surface area contributed by atoms with Crippen LogP contribution < -0.4 is 10.6 Å². The van der Waals surface area contributed by atoms with Crippen molar-refractivity contribution >= 4 is 39.6 Å². The first kappa shape index (κ1) is 17.0. The Labute approximate surface area is 129 Å². The predicted molar refractivity (Wildman–Crippen MR) is 79.3 cm³/mol. The lowest BCUT2D eigenvalue weighted by molar-refractivity contribution is -0.140. The number of hydrogen-bond acceptors (Lipinski definition) is 3. The summed E-state index contributed by atoms with van der Waals surface area (Å²) in [6, 6.07) is 3.19. The molecule has 4 N–H and O–H groups in total. The zero-order valence-electron chi connectivity index (χ0n) is 11.2. The number of aliphatic carboxylic acids is 2. The van der Waals surface area contributed by atoms with Gasteiger partial charge in [-0.05, 0) is 31.0 Å². The van der Waals surface area contributed by atoms with Crippen molar-refractivity contribution in [3.63, 3.8) is 0 Å². The van der Waals surface area contributed by atoms with E-state index in [0.717, 1.165) is 10.0 Å². The highest BCUT2D eigenvalue weighted by Gasteiger charge is 2.20. The molecule has 0 radical (unpaired) electrons. The molecule has 0 aliphatic heterocycles. The number of carboxylic acids is 2. The molecule has 1 atom stereocenters. The Bertz CT molecular complexity index is 561. The summed E-state index contributed by atoms with van der Waals surface area (Å²) in [5, 5.41) is 22.2. The van der Waals surface area contributed by atoms with Crippen LogP contribution in [0.3, 0.4) is 0 Å². The van der Waals surface area contributed by atoms with Gasteiger partial charge in [-0.1, -0.05) is 22.0 Å². The van der Waals surface area contributed by atoms with E-state index >= 15 is 0 Å². The van der Waals surface area contributed by atoms with Crippen molar-refractivity contribution in [2.45, 2.75) is 25.8 Å². The van der Waals surface area contributed by atoms with Crippen molar-refractivity contribution in [3.8, 4) is 0 Å². The van der Waals surface area contributed by atoms with E-state index in [9.17, 15) is 14.4 Å². The molecule has 0 bridgehead atoms. The van der Waals surface area contributed by atoms with Crippen LogP contribution in [-0.2, 0) is 9.59 Å². The Morgan fingerprint density at radius 2 is 1.95 bits per heavy atom. The van der Waals surface area contributed by atoms with Gasteiger partial charge in [0.05, 0.1) is 0 Å². The molecule has 2 amide bonds. The van der Waals surface area contributed by atoms with Crippen LogP contribution in [0, 0.1) is 6.92 Å². The van der Waals surface area contributed by atoms with Crippen molar-refractivity contribution in [1.82, 2.24) is 5.32 Å². The molecule has 0 saturated heterocycles. The number of nitrogens with one attached hydrogen (secondary N) is 2. The molecule has 0 spiro atoms. The van der Waals surface area contributed by atoms with Crippen LogP contribution in [0.15, 0.2) is 22.7 Å². The molecule has 114 valence electrons. The average Bonchev–Trinajstić information content (AvgIpc) is 2.38. The van der Waals surface area contributed by atoms with Gasteiger partial charge in [0.15, 0.2) is 0 Å². The Balaban J connectivity index is 2.62. The van der Waals surface area contributed by atoms with Crippen molar-refractivity contribution in [2.75, 3.05) is 5.32 Å². The van der Waals surface area contributed by atoms with E-state index in [0.29, 0.717) is 5.69 Å². The third kappa shape index (κ3) is 5.82. The van der Waals surface area contributed by atoms with Crippen LogP contribution in [0.4, 0.5) is 10.5 Å². The summed E-state index contributed by atoms with van der Waals surface area (Å²) < 4.78 is 0.806. The fourth-order valence-corrected chi connectivity index (χ4v) is 1.90. The Hall–Kier alpha value is -2.09. The van der Waals surface area contributed by atoms with Gasteiger partial charge in [-0.3, -0.25) is 4.79 Å². The molecule has 1 aromatic carbocycles. The Morgan fingerprint density at radius 1 is 1.29 bits per heavy atom. The third-order valence-corrected chi connectivity index (χ3v) is 3.53. The zero-order valence-corrected chi connectivity index (χ0v) is 12.8. The molecule has 0 aliphatic rings. The minimum atomic E-state index is -1.28. The molecule has 21 heavy (non-hydrogen) atoms. The van der Waals surface area contributed by atoms with Gasteiger partial charge in [0.1, 0.15) is 6.04 Å². The second-order valence-electron chi connectivity index (χ2n) is 4.39. The van der Waals surface area contributed by atoms with E-state index in [1.165, 1.54) is 0 Å². The van der Waals surface area contributed by atoms with Crippen molar-refractivity contribution in [1.29, 1.82) is 0 Å². The fourth-order valence-electron chi connectivity index (χ4n) is 1.52. The molecular weight excluding hydrogens is 344 g/mol. The third-order valence-electron chi connectivity index (χ3n) is 2.68. The molecular formula is C13H15BrN2O5. The van der Waals surface area contributed by atoms with Crippen LogP contribution in [0.1, 0.15) is 18.4 Å². The fraction of sp³-hybridized carbons (Fsp3) is 0.308. The zero-order chi connectivity index (χ0) is 16.0. The first-order chi connectivity index (χ1) is 9.79. The van der Waals surface area contributed by atoms with Gasteiger partial charge in [0, 0.05) is 16.6 Å². The van der Waals surface area contributed by atoms with Crippen LogP contribution >= 0.6 is 15.9 Å². The average molecular weight is 359 g/mol. The summed E-state index contributed by atoms with van der Waals surface area (Å²) in [5.41, 5.74) is 1.48. The van der Waals surface area contributed by atoms with Crippen LogP contribution in [0.5, 0.6) is 0 Å². The molecule has 0 aliphatic carbocycles. The number of hydrogen-bond donors (Lipinski definition) is 4. The highest BCUT2D eigenvalue weighted by molar-refractivity contribution is 9.10. The van der Waals surface area contributed by atoms with Gasteiger partial charge >= 0.3 is 18.0 Å². The number of amides is 2. The summed E-state index contributed by atoms with van der Waals surface area (Å²) in [6.07, 6.45) is -0.525. The van der Waals surface area contributed by atoms with Gasteiger partial charge < -0.3 is 20.8 Å². The normalized spacial score (nSPS) is 11.5. The number of carbonyl (C=O) groups is 3. The van der Waals surface area contributed by atoms with E-state index in [1.54, 1.807) is 18.2 Å². The molecule has 0 aromatic heterocycles. The van der Waals surface area contributed by atoms with Gasteiger partial charge in [-0.15, -0.1) is 0 Å². The minimum absolute atomic E-state index is 0.185. The largest absolute Gasteiger partial charge is 0.481 e. The number of benzene rings is 1. The van der Waals surface area contributed by atoms with Crippen molar-refractivity contribution < 1.29 is 24.6 Å². The van der Waals surface area contributed by atoms with Gasteiger partial charge in [-0.25, -0.2) is 9.59 Å². The maximum atomic E-state index is 11.7. The minimum Gasteiger partial charge on any atom is -0.481 e. The Morgan fingerprint density at radius 3 is 2.48 bits per heavy atom. The van der Waals surface area contributed by atoms with Gasteiger partial charge in [0.25, 0.3) is 0 Å². The predicted octanol–water partition coefficient (Wildman–Crippen LogP) is 2.20. The first-order valence-electron chi connectivity index (χ1n) is 6.08. The maximum Gasteiger partial charge on any atom is 0.326 e. The lowest BCUT2D eigenvalue weighted by Gasteiger charge is -2.14. The smallest absolute Gasteiger partial charge is 0.326 e. The number of carboxylic acid groups (broad SMARTS) is 2. The highest BCUT2D eigenvalue weighted by atomic mass is 79.9. The number of urea groups is 1. The number of halogens is 1. The van der Waals surface area contributed by atoms with E-state index in [1.807, 2.05) is 6.92 Å². The van der Waals surface area contributed by atoms with E-state index in [4.69, 9.17) is 10.2 Å². The molecule has 1 aromatic rings. The second-order valence-corrected chi connectivity index (χ2v) is 5.24. The molecule has 0 saturated carbocycles. The van der Waals surface area contributed by atoms with Crippen LogP contribution in [0.25, 0.3) is 0 Å². The topological polar surface area (TPSA) is 116 Å². The van der Waals surface area contributed by atoms with Gasteiger partial charge in [0.2, 0.25) is 0 Å². The standard InChI is InChI=1S/C13H15BrN2O5/c1-7-2-3-8(6-9(7)14)15-13(21)16-10(12(19)20)4-5-11(17)18/h2-3,6,10H,4-5H2,1H3,(H,17,18)(H,19,20)(H2,15,16,21). The summed E-state index contributed by atoms with van der Waals surface area (Å²) in [7, 11) is 0. The summed E-state index contributed by atoms with van der Waals surface area (Å²) in [6.45, 7) is 1.89. The summed E-state index contributed by atoms with van der Waals surface area (Å²) >= 11 is 3.32. The van der Waals surface area contributed by atoms with E-state index in [2.05, 4.69) is 26.6 Å². The lowest BCUT2D eigenvalue weighted by atomic mass is 10.1. The molecule has 0 heterocycles. The number of aryl methyl sites for hydroxylation is 1. The van der Waals surface area contributed by atoms with Crippen LogP contribution in [-0.4, -0.2) is 34.2 Å². The molecule has 8 heteroatoms. The SMILES string of the molecule is Cc1ccc(NC(=O)NC(CCC(=O)O)C(=O)O)cc1Br. The first-order valence-corrected chi connectivity index (χ1v) is 6.87. The second kappa shape index (κ2) is 7.63. The van der Waals surface area contributed by atoms with E-state index in [-0.39, 0.29) is 12.8 Å². The molecule has 1 unspecified atom stereocenters. The Kier molecular flexibility index (Phi) is 6.16. The monoisotopic (exact) mass is 358 g/mol. The number of anilines is 1. The maximum absolute atomic E-state index is 11.7. The summed E-state index contributed by atoms with van der Waals surface area (Å²) in [4.78, 5) is 33.1. The quantitative estimate of drug-likeness (QED) is 0.622. The molecule has 0 fully saturated rings. The number of carbonyl (C=O) groups excluding carboxylic acids is 1. The molecule has 7 nitrogen and oxygen atoms in total. The van der Waals surface area contributed by atoms with Crippen molar-refractivity contribution in [2.24, 2.45) is 0 Å². The summed E-state index contributed by atoms with van der Waals surface area (Å²) in [5.74, 6) is -2.40. The van der Waals surface area contributed by atoms with E-state index < -0.39 is 24.0 Å². The van der Waals surface area contributed by atoms with Crippen LogP contribution in [0.2, 0.25) is 0 Å². The highest BCUT2D eigenvalue weighted by Crippen LogP contribution is 2.20. The lowest BCUT2D eigenvalue weighted by Crippen LogP contribution is -2.43. The van der Waals surface area contributed by atoms with Gasteiger partial charge in [-0.2, -0.15) is 0 Å².